The highest BCUT2D eigenvalue weighted by Gasteiger charge is 2.26. The molecule has 7 heteroatoms. The van der Waals surface area contributed by atoms with E-state index in [-0.39, 0.29) is 11.9 Å². The Kier molecular flexibility index (Phi) is 4.82. The number of amides is 2. The molecule has 1 atom stereocenters. The van der Waals surface area contributed by atoms with Gasteiger partial charge in [0.05, 0.1) is 18.3 Å². The Labute approximate surface area is 157 Å². The SMILES string of the molecule is COc1cc(NC(=O)N2CCCC(c3ccncn3)C2)c2ncccc2c1. The first-order chi connectivity index (χ1) is 13.2. The zero-order chi connectivity index (χ0) is 18.6. The lowest BCUT2D eigenvalue weighted by atomic mass is 9.95. The molecule has 0 saturated carbocycles. The van der Waals surface area contributed by atoms with E-state index in [9.17, 15) is 4.79 Å². The zero-order valence-corrected chi connectivity index (χ0v) is 15.1. The van der Waals surface area contributed by atoms with Crippen LogP contribution in [-0.4, -0.2) is 46.1 Å². The molecule has 2 aromatic heterocycles. The maximum Gasteiger partial charge on any atom is 0.321 e. The number of methoxy groups -OCH3 is 1. The number of rotatable bonds is 3. The summed E-state index contributed by atoms with van der Waals surface area (Å²) >= 11 is 0. The van der Waals surface area contributed by atoms with Gasteiger partial charge in [-0.1, -0.05) is 6.07 Å². The van der Waals surface area contributed by atoms with Gasteiger partial charge in [-0.25, -0.2) is 14.8 Å². The van der Waals surface area contributed by atoms with E-state index in [1.165, 1.54) is 0 Å². The molecule has 3 aromatic rings. The molecule has 1 fully saturated rings. The van der Waals surface area contributed by atoms with Gasteiger partial charge in [0.2, 0.25) is 0 Å². The number of anilines is 1. The van der Waals surface area contributed by atoms with Crippen molar-refractivity contribution in [3.63, 3.8) is 0 Å². The summed E-state index contributed by atoms with van der Waals surface area (Å²) in [6.07, 6.45) is 6.98. The summed E-state index contributed by atoms with van der Waals surface area (Å²) in [5.41, 5.74) is 2.38. The summed E-state index contributed by atoms with van der Waals surface area (Å²) in [5, 5.41) is 3.93. The minimum absolute atomic E-state index is 0.131. The highest BCUT2D eigenvalue weighted by Crippen LogP contribution is 2.29. The number of carbonyl (C=O) groups excluding carboxylic acids is 1. The van der Waals surface area contributed by atoms with Crippen molar-refractivity contribution >= 4 is 22.6 Å². The minimum Gasteiger partial charge on any atom is -0.497 e. The maximum atomic E-state index is 12.9. The number of carbonyl (C=O) groups is 1. The first-order valence-corrected chi connectivity index (χ1v) is 8.99. The molecule has 7 nitrogen and oxygen atoms in total. The van der Waals surface area contributed by atoms with Gasteiger partial charge in [0.15, 0.2) is 0 Å². The van der Waals surface area contributed by atoms with E-state index in [2.05, 4.69) is 20.3 Å². The Morgan fingerprint density at radius 3 is 3.00 bits per heavy atom. The summed E-state index contributed by atoms with van der Waals surface area (Å²) in [5.74, 6) is 0.913. The van der Waals surface area contributed by atoms with Crippen LogP contribution in [0.4, 0.5) is 10.5 Å². The van der Waals surface area contributed by atoms with Gasteiger partial charge < -0.3 is 15.0 Å². The fourth-order valence-corrected chi connectivity index (χ4v) is 3.52. The number of benzene rings is 1. The molecule has 0 spiro atoms. The van der Waals surface area contributed by atoms with Gasteiger partial charge in [0.25, 0.3) is 0 Å². The van der Waals surface area contributed by atoms with Crippen molar-refractivity contribution in [2.75, 3.05) is 25.5 Å². The number of nitrogens with zero attached hydrogens (tertiary/aromatic N) is 4. The van der Waals surface area contributed by atoms with Crippen molar-refractivity contribution in [2.24, 2.45) is 0 Å². The van der Waals surface area contributed by atoms with Crippen LogP contribution in [0.3, 0.4) is 0 Å². The molecule has 1 aromatic carbocycles. The molecule has 1 aliphatic rings. The average molecular weight is 363 g/mol. The fraction of sp³-hybridized carbons (Fsp3) is 0.300. The van der Waals surface area contributed by atoms with E-state index in [1.54, 1.807) is 31.9 Å². The lowest BCUT2D eigenvalue weighted by Crippen LogP contribution is -2.41. The molecule has 2 amide bonds. The second kappa shape index (κ2) is 7.57. The number of urea groups is 1. The van der Waals surface area contributed by atoms with Crippen molar-refractivity contribution in [1.29, 1.82) is 0 Å². The van der Waals surface area contributed by atoms with Gasteiger partial charge in [-0.15, -0.1) is 0 Å². The fourth-order valence-electron chi connectivity index (χ4n) is 3.52. The predicted molar refractivity (Wildman–Crippen MR) is 103 cm³/mol. The van der Waals surface area contributed by atoms with Crippen LogP contribution in [0.15, 0.2) is 49.1 Å². The standard InChI is InChI=1S/C20H21N5O2/c1-27-16-10-14-4-2-7-22-19(14)18(11-16)24-20(26)25-9-3-5-15(12-25)17-6-8-21-13-23-17/h2,4,6-8,10-11,13,15H,3,5,9,12H2,1H3,(H,24,26). The third-order valence-electron chi connectivity index (χ3n) is 4.89. The van der Waals surface area contributed by atoms with Crippen molar-refractivity contribution in [3.05, 3.63) is 54.7 Å². The number of likely N-dealkylation sites (tertiary alicyclic amines) is 1. The Bertz CT molecular complexity index is 948. The van der Waals surface area contributed by atoms with Gasteiger partial charge in [-0.05, 0) is 31.0 Å². The van der Waals surface area contributed by atoms with E-state index in [4.69, 9.17) is 4.74 Å². The molecule has 138 valence electrons. The quantitative estimate of drug-likeness (QED) is 0.771. The lowest BCUT2D eigenvalue weighted by molar-refractivity contribution is 0.192. The van der Waals surface area contributed by atoms with E-state index < -0.39 is 0 Å². The van der Waals surface area contributed by atoms with Crippen molar-refractivity contribution in [2.45, 2.75) is 18.8 Å². The number of hydrogen-bond donors (Lipinski definition) is 1. The molecule has 1 aliphatic heterocycles. The Morgan fingerprint density at radius 2 is 2.19 bits per heavy atom. The molecule has 1 unspecified atom stereocenters. The Balaban J connectivity index is 1.54. The van der Waals surface area contributed by atoms with Crippen LogP contribution in [0.25, 0.3) is 10.9 Å². The lowest BCUT2D eigenvalue weighted by Gasteiger charge is -2.32. The summed E-state index contributed by atoms with van der Waals surface area (Å²) in [7, 11) is 1.61. The zero-order valence-electron chi connectivity index (χ0n) is 15.1. The van der Waals surface area contributed by atoms with Crippen LogP contribution in [0.5, 0.6) is 5.75 Å². The molecule has 0 radical (unpaired) electrons. The van der Waals surface area contributed by atoms with Gasteiger partial charge >= 0.3 is 6.03 Å². The molecular formula is C20H21N5O2. The van der Waals surface area contributed by atoms with Crippen LogP contribution in [0.1, 0.15) is 24.5 Å². The van der Waals surface area contributed by atoms with Gasteiger partial charge in [0, 0.05) is 48.5 Å². The Hall–Kier alpha value is -3.22. The average Bonchev–Trinajstić information content (AvgIpc) is 2.74. The molecule has 0 bridgehead atoms. The number of pyridine rings is 1. The monoisotopic (exact) mass is 363 g/mol. The number of hydrogen-bond acceptors (Lipinski definition) is 5. The van der Waals surface area contributed by atoms with Crippen LogP contribution in [-0.2, 0) is 0 Å². The predicted octanol–water partition coefficient (Wildman–Crippen LogP) is 3.44. The minimum atomic E-state index is -0.131. The molecule has 3 heterocycles. The highest BCUT2D eigenvalue weighted by atomic mass is 16.5. The topological polar surface area (TPSA) is 80.2 Å². The maximum absolute atomic E-state index is 12.9. The van der Waals surface area contributed by atoms with Gasteiger partial charge in [0.1, 0.15) is 12.1 Å². The van der Waals surface area contributed by atoms with E-state index >= 15 is 0 Å². The van der Waals surface area contributed by atoms with E-state index in [0.717, 1.165) is 36.0 Å². The summed E-state index contributed by atoms with van der Waals surface area (Å²) in [6.45, 7) is 1.36. The second-order valence-corrected chi connectivity index (χ2v) is 6.60. The highest BCUT2D eigenvalue weighted by molar-refractivity contribution is 6.00. The smallest absolute Gasteiger partial charge is 0.321 e. The van der Waals surface area contributed by atoms with Crippen molar-refractivity contribution in [1.82, 2.24) is 19.9 Å². The van der Waals surface area contributed by atoms with Crippen molar-refractivity contribution in [3.8, 4) is 5.75 Å². The third kappa shape index (κ3) is 3.67. The van der Waals surface area contributed by atoms with Crippen molar-refractivity contribution < 1.29 is 9.53 Å². The summed E-state index contributed by atoms with van der Waals surface area (Å²) in [4.78, 5) is 27.5. The number of ether oxygens (including phenoxy) is 1. The number of piperidine rings is 1. The molecule has 4 rings (SSSR count). The number of fused-ring (bicyclic) bond motifs is 1. The molecule has 1 saturated heterocycles. The molecule has 1 N–H and O–H groups in total. The summed E-state index contributed by atoms with van der Waals surface area (Å²) in [6, 6.07) is 9.32. The molecule has 0 aliphatic carbocycles. The summed E-state index contributed by atoms with van der Waals surface area (Å²) < 4.78 is 5.36. The van der Waals surface area contributed by atoms with Crippen LogP contribution >= 0.6 is 0 Å². The second-order valence-electron chi connectivity index (χ2n) is 6.60. The van der Waals surface area contributed by atoms with Crippen LogP contribution in [0.2, 0.25) is 0 Å². The number of aromatic nitrogens is 3. The largest absolute Gasteiger partial charge is 0.497 e. The van der Waals surface area contributed by atoms with Gasteiger partial charge in [-0.3, -0.25) is 4.98 Å². The van der Waals surface area contributed by atoms with E-state index in [1.807, 2.05) is 29.2 Å². The van der Waals surface area contributed by atoms with Gasteiger partial charge in [-0.2, -0.15) is 0 Å². The molecule has 27 heavy (non-hydrogen) atoms. The number of nitrogens with one attached hydrogen (secondary N) is 1. The first-order valence-electron chi connectivity index (χ1n) is 8.99. The normalized spacial score (nSPS) is 16.9. The Morgan fingerprint density at radius 1 is 1.26 bits per heavy atom. The van der Waals surface area contributed by atoms with Crippen LogP contribution in [0, 0.1) is 0 Å². The molecular weight excluding hydrogens is 342 g/mol. The van der Waals surface area contributed by atoms with E-state index in [0.29, 0.717) is 18.0 Å². The first kappa shape index (κ1) is 17.2. The van der Waals surface area contributed by atoms with Crippen LogP contribution < -0.4 is 10.1 Å². The third-order valence-corrected chi connectivity index (χ3v) is 4.89.